The summed E-state index contributed by atoms with van der Waals surface area (Å²) in [5, 5.41) is 1.18. The van der Waals surface area contributed by atoms with E-state index in [4.69, 9.17) is 9.47 Å². The quantitative estimate of drug-likeness (QED) is 0.417. The van der Waals surface area contributed by atoms with Gasteiger partial charge in [-0.1, -0.05) is 15.9 Å². The van der Waals surface area contributed by atoms with Crippen molar-refractivity contribution >= 4 is 54.7 Å². The number of nitrogens with zero attached hydrogens (tertiary/aromatic N) is 1. The largest absolute Gasteiger partial charge is 0.462 e. The van der Waals surface area contributed by atoms with E-state index in [9.17, 15) is 9.59 Å². The zero-order valence-electron chi connectivity index (χ0n) is 12.4. The highest BCUT2D eigenvalue weighted by Gasteiger charge is 2.25. The van der Waals surface area contributed by atoms with Crippen molar-refractivity contribution in [2.24, 2.45) is 7.05 Å². The zero-order valence-corrected chi connectivity index (χ0v) is 15.6. The van der Waals surface area contributed by atoms with Gasteiger partial charge in [0.25, 0.3) is 0 Å². The maximum absolute atomic E-state index is 12.4. The Bertz CT molecular complexity index is 752. The molecule has 0 spiro atoms. The summed E-state index contributed by atoms with van der Waals surface area (Å²) in [4.78, 5) is 23.6. The molecule has 1 aromatic carbocycles. The lowest BCUT2D eigenvalue weighted by atomic mass is 10.1. The fourth-order valence-electron chi connectivity index (χ4n) is 2.33. The number of benzene rings is 1. The van der Waals surface area contributed by atoms with Gasteiger partial charge >= 0.3 is 11.9 Å². The summed E-state index contributed by atoms with van der Waals surface area (Å²) < 4.78 is 12.8. The van der Waals surface area contributed by atoms with E-state index in [2.05, 4.69) is 31.9 Å². The number of aromatic nitrogens is 1. The Balaban J connectivity index is 2.78. The summed E-state index contributed by atoms with van der Waals surface area (Å²) >= 11 is 6.85. The molecule has 5 nitrogen and oxygen atoms in total. The van der Waals surface area contributed by atoms with Crippen molar-refractivity contribution in [3.8, 4) is 5.75 Å². The maximum Gasteiger partial charge on any atom is 0.340 e. The third kappa shape index (κ3) is 2.92. The number of hydrogen-bond acceptors (Lipinski definition) is 4. The van der Waals surface area contributed by atoms with Gasteiger partial charge in [0.2, 0.25) is 0 Å². The summed E-state index contributed by atoms with van der Waals surface area (Å²) in [7, 11) is 1.87. The second kappa shape index (κ2) is 6.83. The third-order valence-electron chi connectivity index (χ3n) is 3.25. The van der Waals surface area contributed by atoms with Gasteiger partial charge in [-0.15, -0.1) is 0 Å². The Morgan fingerprint density at radius 2 is 2.00 bits per heavy atom. The molecular formula is C15H15Br2NO4. The lowest BCUT2D eigenvalue weighted by Crippen LogP contribution is -2.08. The minimum Gasteiger partial charge on any atom is -0.462 e. The third-order valence-corrected chi connectivity index (χ3v) is 4.57. The molecule has 1 heterocycles. The summed E-state index contributed by atoms with van der Waals surface area (Å²) in [6.07, 6.45) is 0. The number of esters is 2. The van der Waals surface area contributed by atoms with Crippen LogP contribution >= 0.6 is 31.9 Å². The molecule has 0 saturated carbocycles. The van der Waals surface area contributed by atoms with Crippen LogP contribution in [0.25, 0.3) is 10.9 Å². The number of aryl methyl sites for hydroxylation is 1. The van der Waals surface area contributed by atoms with E-state index in [1.54, 1.807) is 13.0 Å². The van der Waals surface area contributed by atoms with E-state index in [1.807, 2.05) is 17.7 Å². The van der Waals surface area contributed by atoms with Crippen molar-refractivity contribution in [1.82, 2.24) is 4.57 Å². The number of carbonyl (C=O) groups is 2. The van der Waals surface area contributed by atoms with Gasteiger partial charge in [0.1, 0.15) is 5.75 Å². The molecule has 0 fully saturated rings. The first-order chi connectivity index (χ1) is 10.4. The zero-order chi connectivity index (χ0) is 16.4. The van der Waals surface area contributed by atoms with Crippen molar-refractivity contribution in [2.45, 2.75) is 19.2 Å². The van der Waals surface area contributed by atoms with Gasteiger partial charge in [-0.25, -0.2) is 4.79 Å². The number of ether oxygens (including phenoxy) is 2. The molecule has 0 bridgehead atoms. The number of alkyl halides is 1. The number of rotatable bonds is 4. The van der Waals surface area contributed by atoms with Gasteiger partial charge in [-0.2, -0.15) is 0 Å². The molecule has 0 saturated heterocycles. The SMILES string of the molecule is CCOC(=O)c1c(CBr)n(C)c2ccc(OC(C)=O)c(Br)c12. The average molecular weight is 433 g/mol. The van der Waals surface area contributed by atoms with Crippen LogP contribution in [-0.2, 0) is 21.9 Å². The van der Waals surface area contributed by atoms with E-state index < -0.39 is 11.9 Å². The van der Waals surface area contributed by atoms with Crippen LogP contribution in [0.1, 0.15) is 29.9 Å². The van der Waals surface area contributed by atoms with E-state index in [1.165, 1.54) is 6.92 Å². The molecule has 22 heavy (non-hydrogen) atoms. The molecule has 2 aromatic rings. The van der Waals surface area contributed by atoms with Crippen LogP contribution in [0, 0.1) is 0 Å². The number of halogens is 2. The minimum atomic E-state index is -0.422. The normalized spacial score (nSPS) is 10.8. The average Bonchev–Trinajstić information content (AvgIpc) is 2.75. The van der Waals surface area contributed by atoms with E-state index >= 15 is 0 Å². The molecule has 0 N–H and O–H groups in total. The van der Waals surface area contributed by atoms with Crippen LogP contribution in [0.4, 0.5) is 0 Å². The fourth-order valence-corrected chi connectivity index (χ4v) is 3.61. The Morgan fingerprint density at radius 3 is 2.55 bits per heavy atom. The lowest BCUT2D eigenvalue weighted by Gasteiger charge is -2.07. The topological polar surface area (TPSA) is 57.5 Å². The van der Waals surface area contributed by atoms with Crippen LogP contribution in [0.3, 0.4) is 0 Å². The van der Waals surface area contributed by atoms with Gasteiger partial charge in [0.15, 0.2) is 0 Å². The predicted octanol–water partition coefficient (Wildman–Crippen LogP) is 3.94. The van der Waals surface area contributed by atoms with Crippen molar-refractivity contribution < 1.29 is 19.1 Å². The van der Waals surface area contributed by atoms with Crippen molar-refractivity contribution in [2.75, 3.05) is 6.61 Å². The molecule has 1 aromatic heterocycles. The minimum absolute atomic E-state index is 0.290. The van der Waals surface area contributed by atoms with Crippen LogP contribution in [0.15, 0.2) is 16.6 Å². The highest BCUT2D eigenvalue weighted by molar-refractivity contribution is 9.10. The summed E-state index contributed by atoms with van der Waals surface area (Å²) in [6.45, 7) is 3.38. The molecule has 7 heteroatoms. The highest BCUT2D eigenvalue weighted by Crippen LogP contribution is 2.39. The molecule has 0 radical (unpaired) electrons. The Morgan fingerprint density at radius 1 is 1.32 bits per heavy atom. The van der Waals surface area contributed by atoms with E-state index in [0.717, 1.165) is 11.2 Å². The fraction of sp³-hybridized carbons (Fsp3) is 0.333. The highest BCUT2D eigenvalue weighted by atomic mass is 79.9. The van der Waals surface area contributed by atoms with Crippen LogP contribution in [0.5, 0.6) is 5.75 Å². The van der Waals surface area contributed by atoms with Gasteiger partial charge < -0.3 is 14.0 Å². The Hall–Kier alpha value is -1.34. The summed E-state index contributed by atoms with van der Waals surface area (Å²) in [5.74, 6) is -0.449. The Kier molecular flexibility index (Phi) is 5.28. The number of carbonyl (C=O) groups excluding carboxylic acids is 2. The number of fused-ring (bicyclic) bond motifs is 1. The monoisotopic (exact) mass is 431 g/mol. The molecule has 0 aliphatic carbocycles. The van der Waals surface area contributed by atoms with Crippen molar-refractivity contribution in [3.05, 3.63) is 27.9 Å². The van der Waals surface area contributed by atoms with Gasteiger partial charge in [0.05, 0.1) is 22.2 Å². The molecule has 0 aliphatic heterocycles. The first-order valence-electron chi connectivity index (χ1n) is 6.63. The summed E-state index contributed by atoms with van der Waals surface area (Å²) in [6, 6.07) is 3.51. The summed E-state index contributed by atoms with van der Waals surface area (Å²) in [5.41, 5.74) is 2.12. The van der Waals surface area contributed by atoms with Gasteiger partial charge in [0, 0.05) is 30.4 Å². The molecule has 118 valence electrons. The molecule has 0 amide bonds. The molecular weight excluding hydrogens is 418 g/mol. The second-order valence-electron chi connectivity index (χ2n) is 4.60. The molecule has 0 unspecified atom stereocenters. The standard InChI is InChI=1S/C15H15Br2NO4/c1-4-21-15(20)13-10(7-16)18(3)9-5-6-11(22-8(2)19)14(17)12(9)13/h5-6H,4,7H2,1-3H3. The lowest BCUT2D eigenvalue weighted by molar-refractivity contribution is -0.131. The first kappa shape index (κ1) is 17.0. The van der Waals surface area contributed by atoms with Crippen LogP contribution in [0.2, 0.25) is 0 Å². The van der Waals surface area contributed by atoms with E-state index in [-0.39, 0.29) is 6.61 Å². The van der Waals surface area contributed by atoms with Crippen molar-refractivity contribution in [1.29, 1.82) is 0 Å². The first-order valence-corrected chi connectivity index (χ1v) is 8.55. The molecule has 0 aliphatic rings. The van der Waals surface area contributed by atoms with Gasteiger partial charge in [-0.3, -0.25) is 4.79 Å². The smallest absolute Gasteiger partial charge is 0.340 e. The van der Waals surface area contributed by atoms with Crippen molar-refractivity contribution in [3.63, 3.8) is 0 Å². The predicted molar refractivity (Wildman–Crippen MR) is 90.5 cm³/mol. The molecule has 0 atom stereocenters. The second-order valence-corrected chi connectivity index (χ2v) is 5.95. The Labute approximate surface area is 144 Å². The van der Waals surface area contributed by atoms with Crippen LogP contribution in [-0.4, -0.2) is 23.1 Å². The number of hydrogen-bond donors (Lipinski definition) is 0. The van der Waals surface area contributed by atoms with Gasteiger partial charge in [-0.05, 0) is 35.0 Å². The van der Waals surface area contributed by atoms with Crippen LogP contribution < -0.4 is 4.74 Å². The van der Waals surface area contributed by atoms with E-state index in [0.29, 0.717) is 26.5 Å². The maximum atomic E-state index is 12.4. The molecule has 2 rings (SSSR count).